The lowest BCUT2D eigenvalue weighted by Gasteiger charge is -2.30. The van der Waals surface area contributed by atoms with E-state index in [2.05, 4.69) is 4.98 Å². The largest absolute Gasteiger partial charge is 0.394 e. The van der Waals surface area contributed by atoms with Gasteiger partial charge in [0.05, 0.1) is 18.2 Å². The number of nitrogens with one attached hydrogen (secondary N) is 1. The van der Waals surface area contributed by atoms with Crippen molar-refractivity contribution in [1.29, 1.82) is 0 Å². The highest BCUT2D eigenvalue weighted by atomic mass is 19.1. The number of aromatic nitrogens is 1. The minimum Gasteiger partial charge on any atom is -0.394 e. The molecule has 1 saturated carbocycles. The quantitative estimate of drug-likeness (QED) is 0.571. The molecule has 1 aromatic heterocycles. The second kappa shape index (κ2) is 9.98. The molecule has 1 amide bonds. The topological polar surface area (TPSA) is 76.6 Å². The van der Waals surface area contributed by atoms with E-state index in [1.807, 2.05) is 0 Å². The molecule has 1 aliphatic carbocycles. The summed E-state index contributed by atoms with van der Waals surface area (Å²) < 4.78 is 39.4. The van der Waals surface area contributed by atoms with Crippen LogP contribution in [0.2, 0.25) is 0 Å². The molecule has 0 saturated heterocycles. The lowest BCUT2D eigenvalue weighted by Crippen LogP contribution is -2.41. The molecule has 1 heterocycles. The van der Waals surface area contributed by atoms with Gasteiger partial charge in [-0.15, -0.1) is 0 Å². The molecule has 1 unspecified atom stereocenters. The number of benzene rings is 2. The number of halogens is 3. The Morgan fingerprint density at radius 3 is 2.39 bits per heavy atom. The fraction of sp³-hybridized carbons (Fsp3) is 0.348. The zero-order chi connectivity index (χ0) is 22.5. The van der Waals surface area contributed by atoms with Crippen LogP contribution >= 0.6 is 0 Å². The molecular formula is C23H25F3N2O3. The van der Waals surface area contributed by atoms with Crippen molar-refractivity contribution in [3.05, 3.63) is 59.9 Å². The van der Waals surface area contributed by atoms with Crippen LogP contribution in [0.25, 0.3) is 22.2 Å². The summed E-state index contributed by atoms with van der Waals surface area (Å²) in [5, 5.41) is 18.1. The average molecular weight is 434 g/mol. The first-order valence-electron chi connectivity index (χ1n) is 10.1. The summed E-state index contributed by atoms with van der Waals surface area (Å²) in [6.45, 7) is -0.0614. The number of H-pyrrole nitrogens is 1. The van der Waals surface area contributed by atoms with Crippen molar-refractivity contribution in [1.82, 2.24) is 9.88 Å². The number of amides is 1. The van der Waals surface area contributed by atoms with Crippen molar-refractivity contribution in [2.45, 2.75) is 25.4 Å². The van der Waals surface area contributed by atoms with E-state index in [0.717, 1.165) is 25.3 Å². The van der Waals surface area contributed by atoms with Gasteiger partial charge in [-0.3, -0.25) is 4.79 Å². The van der Waals surface area contributed by atoms with Gasteiger partial charge in [-0.2, -0.15) is 0 Å². The normalized spacial score (nSPS) is 14.5. The molecule has 0 bridgehead atoms. The van der Waals surface area contributed by atoms with Crippen molar-refractivity contribution in [3.8, 4) is 11.3 Å². The van der Waals surface area contributed by atoms with Gasteiger partial charge < -0.3 is 20.1 Å². The molecule has 3 aromatic rings. The van der Waals surface area contributed by atoms with Crippen molar-refractivity contribution in [2.75, 3.05) is 20.2 Å². The fourth-order valence-corrected chi connectivity index (χ4v) is 3.38. The predicted octanol–water partition coefficient (Wildman–Crippen LogP) is 3.85. The van der Waals surface area contributed by atoms with E-state index in [1.54, 1.807) is 25.2 Å². The number of hydrogen-bond acceptors (Lipinski definition) is 3. The molecule has 4 rings (SSSR count). The molecule has 8 heteroatoms. The predicted molar refractivity (Wildman–Crippen MR) is 112 cm³/mol. The van der Waals surface area contributed by atoms with Gasteiger partial charge in [0.1, 0.15) is 17.5 Å². The van der Waals surface area contributed by atoms with Crippen molar-refractivity contribution in [2.24, 2.45) is 5.92 Å². The van der Waals surface area contributed by atoms with E-state index in [0.29, 0.717) is 16.6 Å². The summed E-state index contributed by atoms with van der Waals surface area (Å²) >= 11 is 0. The molecule has 1 atom stereocenters. The summed E-state index contributed by atoms with van der Waals surface area (Å²) in [5.74, 6) is -1.34. The summed E-state index contributed by atoms with van der Waals surface area (Å²) in [6, 6.07) is 9.50. The maximum Gasteiger partial charge on any atom is 0.225 e. The third-order valence-electron chi connectivity index (χ3n) is 5.33. The van der Waals surface area contributed by atoms with Crippen LogP contribution in [0.4, 0.5) is 13.2 Å². The van der Waals surface area contributed by atoms with Crippen LogP contribution in [0.3, 0.4) is 0 Å². The fourth-order valence-electron chi connectivity index (χ4n) is 3.38. The van der Waals surface area contributed by atoms with Crippen molar-refractivity contribution < 1.29 is 28.2 Å². The Kier molecular flexibility index (Phi) is 7.35. The molecule has 5 nitrogen and oxygen atoms in total. The third-order valence-corrected chi connectivity index (χ3v) is 5.33. The van der Waals surface area contributed by atoms with E-state index >= 15 is 0 Å². The average Bonchev–Trinajstić information content (AvgIpc) is 3.12. The third kappa shape index (κ3) is 5.65. The van der Waals surface area contributed by atoms with Crippen LogP contribution in [0.1, 0.15) is 19.3 Å². The molecule has 166 valence electrons. The molecule has 0 spiro atoms. The lowest BCUT2D eigenvalue weighted by molar-refractivity contribution is -0.138. The maximum atomic E-state index is 13.5. The number of aliphatic hydroxyl groups is 2. The van der Waals surface area contributed by atoms with Gasteiger partial charge in [0.15, 0.2) is 0 Å². The van der Waals surface area contributed by atoms with E-state index in [9.17, 15) is 18.0 Å². The summed E-state index contributed by atoms with van der Waals surface area (Å²) in [7, 11) is 1.67. The Morgan fingerprint density at radius 1 is 1.13 bits per heavy atom. The number of carbonyl (C=O) groups excluding carboxylic acids is 1. The van der Waals surface area contributed by atoms with Crippen molar-refractivity contribution >= 4 is 16.8 Å². The zero-order valence-corrected chi connectivity index (χ0v) is 17.1. The van der Waals surface area contributed by atoms with Crippen LogP contribution in [-0.4, -0.2) is 52.3 Å². The van der Waals surface area contributed by atoms with Crippen LogP contribution < -0.4 is 0 Å². The molecule has 0 radical (unpaired) electrons. The Balaban J connectivity index is 0.000000187. The first-order valence-corrected chi connectivity index (χ1v) is 10.1. The minimum atomic E-state index is -0.811. The van der Waals surface area contributed by atoms with E-state index < -0.39 is 17.7 Å². The number of fused-ring (bicyclic) bond motifs is 1. The number of likely N-dealkylation sites (N-methyl/N-ethyl adjacent to an activating group) is 1. The summed E-state index contributed by atoms with van der Waals surface area (Å²) in [6.07, 6.45) is 2.26. The van der Waals surface area contributed by atoms with Gasteiger partial charge in [0.2, 0.25) is 5.91 Å². The number of carbonyl (C=O) groups is 1. The first kappa shape index (κ1) is 22.8. The van der Waals surface area contributed by atoms with Gasteiger partial charge in [0.25, 0.3) is 0 Å². The number of aliphatic hydroxyl groups excluding tert-OH is 2. The Hall–Kier alpha value is -2.84. The zero-order valence-electron chi connectivity index (χ0n) is 17.1. The molecule has 3 N–H and O–H groups in total. The minimum absolute atomic E-state index is 0.0961. The Morgan fingerprint density at radius 2 is 1.81 bits per heavy atom. The van der Waals surface area contributed by atoms with E-state index in [-0.39, 0.29) is 36.3 Å². The maximum absolute atomic E-state index is 13.5. The lowest BCUT2D eigenvalue weighted by atomic mass is 9.84. The monoisotopic (exact) mass is 434 g/mol. The highest BCUT2D eigenvalue weighted by Crippen LogP contribution is 2.28. The van der Waals surface area contributed by atoms with Crippen molar-refractivity contribution in [3.63, 3.8) is 0 Å². The van der Waals surface area contributed by atoms with Crippen LogP contribution in [0.15, 0.2) is 42.5 Å². The van der Waals surface area contributed by atoms with Gasteiger partial charge >= 0.3 is 0 Å². The number of rotatable bonds is 5. The van der Waals surface area contributed by atoms with E-state index in [4.69, 9.17) is 10.2 Å². The van der Waals surface area contributed by atoms with Crippen LogP contribution in [-0.2, 0) is 4.79 Å². The molecule has 2 aromatic carbocycles. The molecule has 31 heavy (non-hydrogen) atoms. The molecule has 1 aliphatic rings. The van der Waals surface area contributed by atoms with Crippen LogP contribution in [0, 0.1) is 23.4 Å². The van der Waals surface area contributed by atoms with Gasteiger partial charge in [0, 0.05) is 36.7 Å². The molecule has 1 fully saturated rings. The first-order chi connectivity index (χ1) is 14.8. The number of aromatic amines is 1. The van der Waals surface area contributed by atoms with Gasteiger partial charge in [-0.05, 0) is 54.8 Å². The highest BCUT2D eigenvalue weighted by Gasteiger charge is 2.28. The Bertz CT molecular complexity index is 1030. The Labute approximate surface area is 178 Å². The SMILES string of the molecule is CN(CC(O)CO)C(=O)C1CCC1.Fc1ccc(-c2cc3cc(F)cc(F)c3[nH]2)cc1. The smallest absolute Gasteiger partial charge is 0.225 e. The highest BCUT2D eigenvalue weighted by molar-refractivity contribution is 5.86. The van der Waals surface area contributed by atoms with Gasteiger partial charge in [-0.25, -0.2) is 13.2 Å². The van der Waals surface area contributed by atoms with Crippen LogP contribution in [0.5, 0.6) is 0 Å². The number of nitrogens with zero attached hydrogens (tertiary/aromatic N) is 1. The molecular weight excluding hydrogens is 409 g/mol. The van der Waals surface area contributed by atoms with Gasteiger partial charge in [-0.1, -0.05) is 6.42 Å². The summed E-state index contributed by atoms with van der Waals surface area (Å²) in [5.41, 5.74) is 1.58. The van der Waals surface area contributed by atoms with E-state index in [1.165, 1.54) is 23.1 Å². The summed E-state index contributed by atoms with van der Waals surface area (Å²) in [4.78, 5) is 15.9. The second-order valence-corrected chi connectivity index (χ2v) is 7.72. The number of hydrogen-bond donors (Lipinski definition) is 3. The molecule has 0 aliphatic heterocycles. The second-order valence-electron chi connectivity index (χ2n) is 7.72. The standard InChI is InChI=1S/C14H8F3N.C9H17NO3/c15-10-3-1-8(2-4-10)13-6-9-5-11(16)7-12(17)14(9)18-13;1-10(5-8(12)6-11)9(13)7-3-2-4-7/h1-7,18H;7-8,11-12H,2-6H2,1H3.